The molecular weight excluding hydrogens is 483 g/mol. The number of allylic oxidation sites excluding steroid dienone is 1. The van der Waals surface area contributed by atoms with E-state index >= 15 is 0 Å². The number of nitrogens with zero attached hydrogens (tertiary/aromatic N) is 2. The van der Waals surface area contributed by atoms with Gasteiger partial charge in [-0.2, -0.15) is 0 Å². The van der Waals surface area contributed by atoms with Crippen molar-refractivity contribution >= 4 is 28.7 Å². The number of fused-ring (bicyclic) bond motifs is 1. The first kappa shape index (κ1) is 23.6. The van der Waals surface area contributed by atoms with Crippen LogP contribution in [0.5, 0.6) is 11.5 Å². The average molecular weight is 511 g/mol. The molecule has 0 saturated carbocycles. The van der Waals surface area contributed by atoms with E-state index in [1.54, 1.807) is 26.0 Å². The van der Waals surface area contributed by atoms with Crippen molar-refractivity contribution in [1.29, 1.82) is 0 Å². The first-order valence-corrected chi connectivity index (χ1v) is 13.3. The van der Waals surface area contributed by atoms with Crippen LogP contribution in [0.3, 0.4) is 0 Å². The second kappa shape index (κ2) is 9.94. The van der Waals surface area contributed by atoms with Gasteiger partial charge in [-0.1, -0.05) is 36.0 Å². The molecule has 3 aromatic rings. The number of ether oxygens (including phenoxy) is 2. The third-order valence-electron chi connectivity index (χ3n) is 7.02. The maximum Gasteiger partial charge on any atom is 0.174 e. The number of hydrogen-bond donors (Lipinski definition) is 0. The van der Waals surface area contributed by atoms with Gasteiger partial charge in [0.25, 0.3) is 0 Å². The molecule has 0 unspecified atom stereocenters. The van der Waals surface area contributed by atoms with E-state index in [1.807, 2.05) is 36.4 Å². The molecule has 6 heteroatoms. The standard InChI is InChI=1S/C31H27FN2O2S/c1-35-25-9-3-6-20(17-25)16-22-7-5-11-27-29(22)33-31-34(30(27)23-8-4-10-26(18-23)36-2)28(19-37-31)21-12-14-24(32)15-13-21/h3-4,6,8-10,12-19,30H,5,7,11H2,1-2H3/b22-16+/t30-/m1/s1. The molecule has 3 aromatic carbocycles. The molecule has 0 aromatic heterocycles. The highest BCUT2D eigenvalue weighted by Crippen LogP contribution is 2.51. The smallest absolute Gasteiger partial charge is 0.174 e. The zero-order valence-electron chi connectivity index (χ0n) is 20.8. The molecule has 4 nitrogen and oxygen atoms in total. The van der Waals surface area contributed by atoms with Crippen molar-refractivity contribution < 1.29 is 13.9 Å². The number of amidine groups is 1. The predicted molar refractivity (Wildman–Crippen MR) is 149 cm³/mol. The predicted octanol–water partition coefficient (Wildman–Crippen LogP) is 7.82. The van der Waals surface area contributed by atoms with E-state index < -0.39 is 0 Å². The molecule has 3 aliphatic rings. The summed E-state index contributed by atoms with van der Waals surface area (Å²) in [5.74, 6) is 1.43. The van der Waals surface area contributed by atoms with E-state index in [0.29, 0.717) is 0 Å². The Morgan fingerprint density at radius 3 is 2.49 bits per heavy atom. The SMILES string of the molecule is COc1cccc(/C=C2\CCCC3=C2N=C2SC=C(c4ccc(F)cc4)N2[C@@H]3c2cccc(OC)c2)c1. The van der Waals surface area contributed by atoms with E-state index in [1.165, 1.54) is 23.3 Å². The quantitative estimate of drug-likeness (QED) is 0.350. The van der Waals surface area contributed by atoms with Crippen LogP contribution in [0.1, 0.15) is 42.0 Å². The first-order valence-electron chi connectivity index (χ1n) is 12.4. The van der Waals surface area contributed by atoms with E-state index in [0.717, 1.165) is 64.0 Å². The summed E-state index contributed by atoms with van der Waals surface area (Å²) in [6.45, 7) is 0. The molecule has 1 aliphatic carbocycles. The second-order valence-corrected chi connectivity index (χ2v) is 10.1. The van der Waals surface area contributed by atoms with Crippen molar-refractivity contribution in [3.63, 3.8) is 0 Å². The van der Waals surface area contributed by atoms with Crippen LogP contribution in [0.2, 0.25) is 0 Å². The zero-order valence-corrected chi connectivity index (χ0v) is 21.6. The number of thioether (sulfide) groups is 1. The molecule has 0 N–H and O–H groups in total. The number of aliphatic imine (C=N–C) groups is 1. The van der Waals surface area contributed by atoms with Crippen LogP contribution in [0.25, 0.3) is 11.8 Å². The summed E-state index contributed by atoms with van der Waals surface area (Å²) in [5, 5.41) is 3.06. The second-order valence-electron chi connectivity index (χ2n) is 9.24. The molecule has 2 heterocycles. The Labute approximate surface area is 220 Å². The van der Waals surface area contributed by atoms with Crippen LogP contribution in [0.4, 0.5) is 4.39 Å². The van der Waals surface area contributed by atoms with Gasteiger partial charge in [0.1, 0.15) is 17.3 Å². The van der Waals surface area contributed by atoms with Crippen molar-refractivity contribution in [2.24, 2.45) is 4.99 Å². The lowest BCUT2D eigenvalue weighted by molar-refractivity contribution is 0.410. The third kappa shape index (κ3) is 4.46. The summed E-state index contributed by atoms with van der Waals surface area (Å²) in [6.07, 6.45) is 5.23. The normalized spacial score (nSPS) is 19.8. The van der Waals surface area contributed by atoms with Gasteiger partial charge < -0.3 is 14.4 Å². The molecule has 186 valence electrons. The Morgan fingerprint density at radius 2 is 1.70 bits per heavy atom. The van der Waals surface area contributed by atoms with Crippen LogP contribution in [0.15, 0.2) is 100 Å². The minimum absolute atomic E-state index is 0.0297. The van der Waals surface area contributed by atoms with Crippen molar-refractivity contribution in [3.05, 3.63) is 118 Å². The van der Waals surface area contributed by atoms with Gasteiger partial charge in [-0.05, 0) is 102 Å². The number of hydrogen-bond acceptors (Lipinski definition) is 5. The Balaban J connectivity index is 1.49. The van der Waals surface area contributed by atoms with Crippen molar-refractivity contribution in [1.82, 2.24) is 4.90 Å². The zero-order chi connectivity index (χ0) is 25.4. The monoisotopic (exact) mass is 510 g/mol. The molecule has 0 bridgehead atoms. The Kier molecular flexibility index (Phi) is 6.35. The fraction of sp³-hybridized carbons (Fsp3) is 0.194. The summed E-state index contributed by atoms with van der Waals surface area (Å²) in [4.78, 5) is 7.53. The highest BCUT2D eigenvalue weighted by Gasteiger charge is 2.40. The lowest BCUT2D eigenvalue weighted by Crippen LogP contribution is -2.34. The summed E-state index contributed by atoms with van der Waals surface area (Å²) in [7, 11) is 3.39. The number of methoxy groups -OCH3 is 2. The number of benzene rings is 3. The minimum Gasteiger partial charge on any atom is -0.497 e. The fourth-order valence-corrected chi connectivity index (χ4v) is 6.22. The van der Waals surface area contributed by atoms with Gasteiger partial charge in [0.15, 0.2) is 5.17 Å². The highest BCUT2D eigenvalue weighted by molar-refractivity contribution is 8.16. The molecule has 0 radical (unpaired) electrons. The molecule has 2 aliphatic heterocycles. The largest absolute Gasteiger partial charge is 0.497 e. The van der Waals surface area contributed by atoms with Crippen molar-refractivity contribution in [3.8, 4) is 11.5 Å². The molecule has 6 rings (SSSR count). The summed E-state index contributed by atoms with van der Waals surface area (Å²) < 4.78 is 24.8. The summed E-state index contributed by atoms with van der Waals surface area (Å²) in [5.41, 5.74) is 7.88. The molecular formula is C31H27FN2O2S. The molecule has 0 amide bonds. The summed E-state index contributed by atoms with van der Waals surface area (Å²) in [6, 6.07) is 23.1. The Morgan fingerprint density at radius 1 is 0.946 bits per heavy atom. The lowest BCUT2D eigenvalue weighted by atomic mass is 9.82. The van der Waals surface area contributed by atoms with Gasteiger partial charge >= 0.3 is 0 Å². The van der Waals surface area contributed by atoms with Gasteiger partial charge in [0, 0.05) is 5.41 Å². The first-order chi connectivity index (χ1) is 18.1. The Hall–Kier alpha value is -3.77. The third-order valence-corrected chi connectivity index (χ3v) is 7.86. The summed E-state index contributed by atoms with van der Waals surface area (Å²) >= 11 is 1.62. The van der Waals surface area contributed by atoms with Gasteiger partial charge in [-0.15, -0.1) is 0 Å². The molecule has 37 heavy (non-hydrogen) atoms. The average Bonchev–Trinajstić information content (AvgIpc) is 3.36. The minimum atomic E-state index is -0.239. The van der Waals surface area contributed by atoms with Gasteiger partial charge in [0.05, 0.1) is 31.7 Å². The maximum absolute atomic E-state index is 13.7. The van der Waals surface area contributed by atoms with Crippen LogP contribution in [-0.4, -0.2) is 24.3 Å². The van der Waals surface area contributed by atoms with Gasteiger partial charge in [-0.3, -0.25) is 0 Å². The molecule has 0 saturated heterocycles. The van der Waals surface area contributed by atoms with E-state index in [-0.39, 0.29) is 11.9 Å². The fourth-order valence-electron chi connectivity index (χ4n) is 5.29. The van der Waals surface area contributed by atoms with Crippen LogP contribution >= 0.6 is 11.8 Å². The number of halogens is 1. The number of rotatable bonds is 5. The topological polar surface area (TPSA) is 34.1 Å². The van der Waals surface area contributed by atoms with Crippen LogP contribution in [-0.2, 0) is 0 Å². The van der Waals surface area contributed by atoms with Crippen molar-refractivity contribution in [2.45, 2.75) is 25.3 Å². The maximum atomic E-state index is 13.7. The molecule has 1 atom stereocenters. The molecule has 0 fully saturated rings. The lowest BCUT2D eigenvalue weighted by Gasteiger charge is -2.40. The Bertz CT molecular complexity index is 1470. The van der Waals surface area contributed by atoms with Crippen LogP contribution < -0.4 is 9.47 Å². The van der Waals surface area contributed by atoms with E-state index in [2.05, 4.69) is 40.6 Å². The van der Waals surface area contributed by atoms with Gasteiger partial charge in [0.2, 0.25) is 0 Å². The van der Waals surface area contributed by atoms with Crippen LogP contribution in [0, 0.1) is 5.82 Å². The van der Waals surface area contributed by atoms with Crippen molar-refractivity contribution in [2.75, 3.05) is 14.2 Å². The highest BCUT2D eigenvalue weighted by atomic mass is 32.2. The van der Waals surface area contributed by atoms with Gasteiger partial charge in [-0.25, -0.2) is 9.38 Å². The molecule has 0 spiro atoms. The van der Waals surface area contributed by atoms with E-state index in [9.17, 15) is 4.39 Å². The van der Waals surface area contributed by atoms with E-state index in [4.69, 9.17) is 14.5 Å².